The molecule has 0 bridgehead atoms. The molecule has 1 heterocycles. The van der Waals surface area contributed by atoms with Gasteiger partial charge < -0.3 is 39.0 Å². The number of carbonyl (C=O) groups excluding carboxylic acids is 3. The molecular formula is C67H100O12. The van der Waals surface area contributed by atoms with E-state index in [9.17, 15) is 34.5 Å². The highest BCUT2D eigenvalue weighted by Crippen LogP contribution is 2.26. The Morgan fingerprint density at radius 3 is 1.20 bits per heavy atom. The lowest BCUT2D eigenvalue weighted by molar-refractivity contribution is -0.301. The van der Waals surface area contributed by atoms with Gasteiger partial charge in [0, 0.05) is 19.3 Å². The molecule has 0 aromatic rings. The molecule has 440 valence electrons. The number of aliphatic hydroxyl groups is 2. The van der Waals surface area contributed by atoms with Crippen molar-refractivity contribution < 1.29 is 58.2 Å². The predicted molar refractivity (Wildman–Crippen MR) is 321 cm³/mol. The lowest BCUT2D eigenvalue weighted by atomic mass is 9.98. The van der Waals surface area contributed by atoms with Crippen molar-refractivity contribution in [2.75, 3.05) is 13.2 Å². The second-order valence-electron chi connectivity index (χ2n) is 19.1. The first kappa shape index (κ1) is 71.4. The van der Waals surface area contributed by atoms with Crippen LogP contribution in [0.25, 0.3) is 0 Å². The van der Waals surface area contributed by atoms with Gasteiger partial charge in [-0.3, -0.25) is 14.4 Å². The minimum Gasteiger partial charge on any atom is -0.479 e. The smallest absolute Gasteiger partial charge is 0.335 e. The van der Waals surface area contributed by atoms with Crippen molar-refractivity contribution in [2.24, 2.45) is 0 Å². The quantitative estimate of drug-likeness (QED) is 0.0228. The van der Waals surface area contributed by atoms with Crippen LogP contribution in [0.15, 0.2) is 158 Å². The van der Waals surface area contributed by atoms with Crippen molar-refractivity contribution in [2.45, 2.75) is 225 Å². The van der Waals surface area contributed by atoms with E-state index in [1.807, 2.05) is 12.2 Å². The molecule has 6 unspecified atom stereocenters. The molecule has 0 spiro atoms. The Kier molecular flexibility index (Phi) is 47.9. The van der Waals surface area contributed by atoms with E-state index in [0.29, 0.717) is 25.7 Å². The normalized spacial score (nSPS) is 19.0. The van der Waals surface area contributed by atoms with Crippen molar-refractivity contribution in [3.63, 3.8) is 0 Å². The molecule has 0 radical (unpaired) electrons. The lowest BCUT2D eigenvalue weighted by Crippen LogP contribution is -2.61. The highest BCUT2D eigenvalue weighted by atomic mass is 16.7. The number of aliphatic carboxylic acids is 1. The van der Waals surface area contributed by atoms with Crippen LogP contribution in [0.1, 0.15) is 188 Å². The van der Waals surface area contributed by atoms with Gasteiger partial charge in [0.25, 0.3) is 0 Å². The maximum atomic E-state index is 13.2. The molecule has 1 fully saturated rings. The van der Waals surface area contributed by atoms with Crippen LogP contribution in [-0.2, 0) is 42.9 Å². The van der Waals surface area contributed by atoms with Gasteiger partial charge in [0.05, 0.1) is 6.61 Å². The Hall–Kier alpha value is -5.66. The van der Waals surface area contributed by atoms with Crippen LogP contribution < -0.4 is 0 Å². The average molecular weight is 1100 g/mol. The van der Waals surface area contributed by atoms with E-state index < -0.39 is 67.3 Å². The van der Waals surface area contributed by atoms with Gasteiger partial charge in [-0.2, -0.15) is 0 Å². The Morgan fingerprint density at radius 1 is 0.418 bits per heavy atom. The minimum atomic E-state index is -1.94. The molecule has 0 aromatic heterocycles. The third-order valence-electron chi connectivity index (χ3n) is 12.1. The Labute approximate surface area is 475 Å². The number of carboxylic acid groups (broad SMARTS) is 1. The number of carbonyl (C=O) groups is 4. The molecule has 12 nitrogen and oxygen atoms in total. The summed E-state index contributed by atoms with van der Waals surface area (Å²) in [5.41, 5.74) is 0. The number of ether oxygens (including phenoxy) is 5. The van der Waals surface area contributed by atoms with Crippen molar-refractivity contribution >= 4 is 23.9 Å². The Balaban J connectivity index is 2.79. The molecule has 1 aliphatic heterocycles. The van der Waals surface area contributed by atoms with Crippen LogP contribution in [0.5, 0.6) is 0 Å². The monoisotopic (exact) mass is 1100 g/mol. The zero-order chi connectivity index (χ0) is 57.5. The highest BCUT2D eigenvalue weighted by molar-refractivity contribution is 5.74. The van der Waals surface area contributed by atoms with Gasteiger partial charge in [0.1, 0.15) is 18.8 Å². The predicted octanol–water partition coefficient (Wildman–Crippen LogP) is 15.3. The highest BCUT2D eigenvalue weighted by Gasteiger charge is 2.50. The van der Waals surface area contributed by atoms with Crippen molar-refractivity contribution in [3.8, 4) is 0 Å². The summed E-state index contributed by atoms with van der Waals surface area (Å²) in [6, 6.07) is 0. The van der Waals surface area contributed by atoms with E-state index >= 15 is 0 Å². The molecule has 0 amide bonds. The van der Waals surface area contributed by atoms with Crippen LogP contribution in [-0.4, -0.2) is 89.2 Å². The Bertz CT molecular complexity index is 1980. The zero-order valence-corrected chi connectivity index (χ0v) is 48.3. The summed E-state index contributed by atoms with van der Waals surface area (Å²) in [6.07, 6.45) is 65.1. The molecule has 6 atom stereocenters. The SMILES string of the molecule is CC/C=C\C/C=C\C/C=C\C/C=C\C/C=C\C/C=C\CCC(=O)OCC(COC1OC(C(=O)O)C(O)C(O)C1OC(=O)CCCCC/C=C\C/C=C\C/C=C\CC)OC(=O)CCCCCC/C=C\C/C=C\C/C=C\C/C=C\CC. The maximum Gasteiger partial charge on any atom is 0.335 e. The van der Waals surface area contributed by atoms with Crippen LogP contribution >= 0.6 is 0 Å². The first-order valence-electron chi connectivity index (χ1n) is 29.5. The lowest BCUT2D eigenvalue weighted by Gasteiger charge is -2.40. The second kappa shape index (κ2) is 53.0. The number of allylic oxidation sites excluding steroid dienone is 26. The summed E-state index contributed by atoms with van der Waals surface area (Å²) >= 11 is 0. The van der Waals surface area contributed by atoms with Crippen LogP contribution in [0.2, 0.25) is 0 Å². The van der Waals surface area contributed by atoms with Crippen molar-refractivity contribution in [1.82, 2.24) is 0 Å². The standard InChI is InChI=1S/C67H100O12/c1-4-7-10-13-16-19-22-25-27-29-30-32-33-36-38-41-44-47-50-53-59(68)75-56-58(77-60(69)54-51-48-45-42-40-37-34-31-28-26-23-20-17-14-11-8-5-2)57-76-67-65(63(72)62(71)64(79-67)66(73)74)78-61(70)55-52-49-46-43-39-35-24-21-18-15-12-9-6-3/h7-12,16-21,25-28,30,32,34-39,44,47,58,62-65,67,71-72H,4-6,13-15,22-24,29,31,33,40-43,45-46,48-57H2,1-3H3,(H,73,74)/b10-7-,11-8-,12-9-,19-16-,20-17-,21-18-,27-25-,28-26-,32-30-,37-34-,38-36-,39-35-,47-44-. The Morgan fingerprint density at radius 2 is 0.785 bits per heavy atom. The van der Waals surface area contributed by atoms with Crippen LogP contribution in [0.4, 0.5) is 0 Å². The number of unbranched alkanes of at least 4 members (excludes halogenated alkanes) is 7. The molecular weight excluding hydrogens is 997 g/mol. The van der Waals surface area contributed by atoms with Crippen LogP contribution in [0.3, 0.4) is 0 Å². The summed E-state index contributed by atoms with van der Waals surface area (Å²) < 4.78 is 28.3. The summed E-state index contributed by atoms with van der Waals surface area (Å²) in [5.74, 6) is -3.34. The summed E-state index contributed by atoms with van der Waals surface area (Å²) in [4.78, 5) is 51.1. The fourth-order valence-electron chi connectivity index (χ4n) is 7.69. The summed E-state index contributed by atoms with van der Waals surface area (Å²) in [7, 11) is 0. The van der Waals surface area contributed by atoms with Crippen LogP contribution in [0, 0.1) is 0 Å². The molecule has 3 N–H and O–H groups in total. The van der Waals surface area contributed by atoms with E-state index in [0.717, 1.165) is 122 Å². The zero-order valence-electron chi connectivity index (χ0n) is 48.3. The first-order chi connectivity index (χ1) is 38.6. The van der Waals surface area contributed by atoms with Gasteiger partial charge in [0.2, 0.25) is 0 Å². The summed E-state index contributed by atoms with van der Waals surface area (Å²) in [5, 5.41) is 31.5. The van der Waals surface area contributed by atoms with E-state index in [4.69, 9.17) is 23.7 Å². The first-order valence-corrected chi connectivity index (χ1v) is 29.5. The molecule has 0 saturated carbocycles. The molecule has 12 heteroatoms. The topological polar surface area (TPSA) is 175 Å². The largest absolute Gasteiger partial charge is 0.479 e. The third-order valence-corrected chi connectivity index (χ3v) is 12.1. The van der Waals surface area contributed by atoms with Gasteiger partial charge >= 0.3 is 23.9 Å². The third kappa shape index (κ3) is 42.9. The minimum absolute atomic E-state index is 0.00528. The van der Waals surface area contributed by atoms with Gasteiger partial charge in [-0.1, -0.05) is 198 Å². The van der Waals surface area contributed by atoms with Gasteiger partial charge in [-0.25, -0.2) is 4.79 Å². The number of hydrogen-bond acceptors (Lipinski definition) is 11. The number of hydrogen-bond donors (Lipinski definition) is 3. The molecule has 0 aromatic carbocycles. The van der Waals surface area contributed by atoms with Gasteiger partial charge in [0.15, 0.2) is 24.6 Å². The van der Waals surface area contributed by atoms with Gasteiger partial charge in [-0.15, -0.1) is 0 Å². The van der Waals surface area contributed by atoms with E-state index in [-0.39, 0.29) is 25.9 Å². The average Bonchev–Trinajstić information content (AvgIpc) is 3.44. The molecule has 1 saturated heterocycles. The van der Waals surface area contributed by atoms with E-state index in [1.54, 1.807) is 0 Å². The fraction of sp³-hybridized carbons (Fsp3) is 0.552. The van der Waals surface area contributed by atoms with Crippen molar-refractivity contribution in [1.29, 1.82) is 0 Å². The number of carboxylic acids is 1. The maximum absolute atomic E-state index is 13.2. The number of esters is 3. The van der Waals surface area contributed by atoms with E-state index in [1.165, 1.54) is 0 Å². The van der Waals surface area contributed by atoms with Crippen molar-refractivity contribution in [3.05, 3.63) is 158 Å². The molecule has 79 heavy (non-hydrogen) atoms. The molecule has 1 rings (SSSR count). The van der Waals surface area contributed by atoms with Gasteiger partial charge in [-0.05, 0) is 128 Å². The molecule has 0 aliphatic carbocycles. The molecule has 1 aliphatic rings. The summed E-state index contributed by atoms with van der Waals surface area (Å²) in [6.45, 7) is 5.52. The fourth-order valence-corrected chi connectivity index (χ4v) is 7.69. The van der Waals surface area contributed by atoms with E-state index in [2.05, 4.69) is 167 Å². The number of rotatable bonds is 47. The second-order valence-corrected chi connectivity index (χ2v) is 19.1. The number of aliphatic hydroxyl groups excluding tert-OH is 2.